The van der Waals surface area contributed by atoms with Gasteiger partial charge < -0.3 is 5.32 Å². The van der Waals surface area contributed by atoms with Crippen LogP contribution in [0.2, 0.25) is 0 Å². The Balaban J connectivity index is 1.71. The lowest BCUT2D eigenvalue weighted by molar-refractivity contribution is -0.137. The summed E-state index contributed by atoms with van der Waals surface area (Å²) in [6, 6.07) is 8.84. The summed E-state index contributed by atoms with van der Waals surface area (Å²) in [5.74, 6) is 0.0254. The maximum absolute atomic E-state index is 13.5. The van der Waals surface area contributed by atoms with E-state index in [2.05, 4.69) is 5.32 Å². The Bertz CT molecular complexity index is 791. The van der Waals surface area contributed by atoms with Crippen LogP contribution in [0.15, 0.2) is 47.4 Å². The van der Waals surface area contributed by atoms with Crippen LogP contribution < -0.4 is 5.32 Å². The van der Waals surface area contributed by atoms with Crippen LogP contribution >= 0.6 is 11.8 Å². The van der Waals surface area contributed by atoms with Gasteiger partial charge in [0.2, 0.25) is 5.91 Å². The highest BCUT2D eigenvalue weighted by Crippen LogP contribution is 2.36. The number of halogens is 4. The van der Waals surface area contributed by atoms with Gasteiger partial charge in [-0.25, -0.2) is 4.39 Å². The van der Waals surface area contributed by atoms with Crippen LogP contribution in [0.3, 0.4) is 0 Å². The Morgan fingerprint density at radius 3 is 2.76 bits per heavy atom. The molecule has 0 aliphatic carbocycles. The van der Waals surface area contributed by atoms with Crippen LogP contribution in [0, 0.1) is 5.82 Å². The number of rotatable bonds is 3. The summed E-state index contributed by atoms with van der Waals surface area (Å²) in [5.41, 5.74) is 0.227. The van der Waals surface area contributed by atoms with Crippen LogP contribution in [-0.4, -0.2) is 11.7 Å². The molecule has 0 saturated carbocycles. The summed E-state index contributed by atoms with van der Waals surface area (Å²) in [5, 5.41) is 2.81. The van der Waals surface area contributed by atoms with Gasteiger partial charge in [0.15, 0.2) is 0 Å². The fourth-order valence-corrected chi connectivity index (χ4v) is 3.91. The van der Waals surface area contributed by atoms with Gasteiger partial charge in [0.1, 0.15) is 5.82 Å². The summed E-state index contributed by atoms with van der Waals surface area (Å²) in [7, 11) is 0. The molecule has 2 nitrogen and oxygen atoms in total. The highest BCUT2D eigenvalue weighted by molar-refractivity contribution is 7.99. The minimum absolute atomic E-state index is 0.155. The first-order valence-electron chi connectivity index (χ1n) is 7.70. The van der Waals surface area contributed by atoms with E-state index in [9.17, 15) is 22.4 Å². The van der Waals surface area contributed by atoms with Crippen molar-refractivity contribution in [2.24, 2.45) is 0 Å². The zero-order valence-corrected chi connectivity index (χ0v) is 13.9. The van der Waals surface area contributed by atoms with Gasteiger partial charge in [-0.05, 0) is 41.8 Å². The number of thioether (sulfide) groups is 1. The number of carbonyl (C=O) groups excluding carboxylic acids is 1. The molecule has 1 aliphatic rings. The second-order valence-electron chi connectivity index (χ2n) is 5.81. The Kier molecular flexibility index (Phi) is 5.03. The highest BCUT2D eigenvalue weighted by atomic mass is 32.2. The molecule has 0 fully saturated rings. The SMILES string of the molecule is O=C(Cc1cccc(C(F)(F)F)c1)NC1CCSc2ccc(F)cc21. The minimum atomic E-state index is -4.44. The second kappa shape index (κ2) is 7.07. The molecule has 0 spiro atoms. The van der Waals surface area contributed by atoms with Crippen molar-refractivity contribution in [2.75, 3.05) is 5.75 Å². The third kappa shape index (κ3) is 4.34. The van der Waals surface area contributed by atoms with E-state index in [-0.39, 0.29) is 29.8 Å². The average molecular weight is 369 g/mol. The Hall–Kier alpha value is -2.02. The van der Waals surface area contributed by atoms with Crippen molar-refractivity contribution >= 4 is 17.7 Å². The maximum atomic E-state index is 13.5. The quantitative estimate of drug-likeness (QED) is 0.792. The molecule has 0 radical (unpaired) electrons. The number of hydrogen-bond acceptors (Lipinski definition) is 2. The van der Waals surface area contributed by atoms with E-state index in [1.54, 1.807) is 17.8 Å². The van der Waals surface area contributed by atoms with Crippen LogP contribution in [0.5, 0.6) is 0 Å². The first kappa shape index (κ1) is 17.8. The molecule has 0 saturated heterocycles. The lowest BCUT2D eigenvalue weighted by Gasteiger charge is -2.26. The number of alkyl halides is 3. The highest BCUT2D eigenvalue weighted by Gasteiger charge is 2.30. The summed E-state index contributed by atoms with van der Waals surface area (Å²) in [4.78, 5) is 13.2. The summed E-state index contributed by atoms with van der Waals surface area (Å²) in [6.45, 7) is 0. The third-order valence-corrected chi connectivity index (χ3v) is 5.09. The molecule has 7 heteroatoms. The van der Waals surface area contributed by atoms with Crippen molar-refractivity contribution in [1.82, 2.24) is 5.32 Å². The van der Waals surface area contributed by atoms with Crippen LogP contribution in [0.25, 0.3) is 0 Å². The topological polar surface area (TPSA) is 29.1 Å². The summed E-state index contributed by atoms with van der Waals surface area (Å²) < 4.78 is 51.7. The number of nitrogens with one attached hydrogen (secondary N) is 1. The number of hydrogen-bond donors (Lipinski definition) is 1. The van der Waals surface area contributed by atoms with Crippen molar-refractivity contribution in [2.45, 2.75) is 30.0 Å². The van der Waals surface area contributed by atoms with Gasteiger partial charge in [-0.1, -0.05) is 18.2 Å². The number of benzene rings is 2. The van der Waals surface area contributed by atoms with Crippen LogP contribution in [0.4, 0.5) is 17.6 Å². The molecule has 1 unspecified atom stereocenters. The predicted molar refractivity (Wildman–Crippen MR) is 87.8 cm³/mol. The minimum Gasteiger partial charge on any atom is -0.349 e. The molecule has 132 valence electrons. The van der Waals surface area contributed by atoms with Gasteiger partial charge in [-0.3, -0.25) is 4.79 Å². The first-order valence-corrected chi connectivity index (χ1v) is 8.69. The molecule has 1 aliphatic heterocycles. The van der Waals surface area contributed by atoms with E-state index >= 15 is 0 Å². The van der Waals surface area contributed by atoms with Crippen LogP contribution in [-0.2, 0) is 17.4 Å². The van der Waals surface area contributed by atoms with E-state index in [0.29, 0.717) is 12.0 Å². The molecule has 0 bridgehead atoms. The summed E-state index contributed by atoms with van der Waals surface area (Å²) in [6.07, 6.45) is -3.95. The van der Waals surface area contributed by atoms with Gasteiger partial charge in [0, 0.05) is 10.6 Å². The number of carbonyl (C=O) groups is 1. The molecule has 2 aromatic carbocycles. The van der Waals surface area contributed by atoms with Crippen molar-refractivity contribution in [3.05, 3.63) is 65.0 Å². The molecule has 0 aromatic heterocycles. The molecule has 1 N–H and O–H groups in total. The lowest BCUT2D eigenvalue weighted by atomic mass is 10.0. The Morgan fingerprint density at radius 1 is 1.20 bits per heavy atom. The van der Waals surface area contributed by atoms with E-state index in [1.165, 1.54) is 24.3 Å². The van der Waals surface area contributed by atoms with E-state index in [0.717, 1.165) is 22.8 Å². The zero-order chi connectivity index (χ0) is 18.0. The summed E-state index contributed by atoms with van der Waals surface area (Å²) >= 11 is 1.59. The van der Waals surface area contributed by atoms with E-state index in [4.69, 9.17) is 0 Å². The normalized spacial score (nSPS) is 17.0. The van der Waals surface area contributed by atoms with Crippen molar-refractivity contribution in [3.63, 3.8) is 0 Å². The van der Waals surface area contributed by atoms with Gasteiger partial charge >= 0.3 is 6.18 Å². The monoisotopic (exact) mass is 369 g/mol. The molecule has 3 rings (SSSR count). The second-order valence-corrected chi connectivity index (χ2v) is 6.95. The molecule has 1 atom stereocenters. The zero-order valence-electron chi connectivity index (χ0n) is 13.1. The Morgan fingerprint density at radius 2 is 2.00 bits per heavy atom. The van der Waals surface area contributed by atoms with E-state index in [1.807, 2.05) is 0 Å². The van der Waals surface area contributed by atoms with Crippen molar-refractivity contribution in [1.29, 1.82) is 0 Å². The predicted octanol–water partition coefficient (Wildman–Crippen LogP) is 4.74. The van der Waals surface area contributed by atoms with Gasteiger partial charge in [-0.15, -0.1) is 11.8 Å². The average Bonchev–Trinajstić information content (AvgIpc) is 2.55. The molecule has 1 heterocycles. The van der Waals surface area contributed by atoms with Gasteiger partial charge in [0.25, 0.3) is 0 Å². The molecular weight excluding hydrogens is 354 g/mol. The van der Waals surface area contributed by atoms with Gasteiger partial charge in [0.05, 0.1) is 18.0 Å². The fourth-order valence-electron chi connectivity index (χ4n) is 2.80. The standard InChI is InChI=1S/C18H15F4NOS/c19-13-4-5-16-14(10-13)15(6-7-25-16)23-17(24)9-11-2-1-3-12(8-11)18(20,21)22/h1-5,8,10,15H,6-7,9H2,(H,23,24). The number of fused-ring (bicyclic) bond motifs is 1. The molecule has 25 heavy (non-hydrogen) atoms. The Labute approximate surface area is 146 Å². The molecular formula is C18H15F4NOS. The fraction of sp³-hybridized carbons (Fsp3) is 0.278. The van der Waals surface area contributed by atoms with E-state index < -0.39 is 11.7 Å². The molecule has 2 aromatic rings. The smallest absolute Gasteiger partial charge is 0.349 e. The maximum Gasteiger partial charge on any atom is 0.416 e. The van der Waals surface area contributed by atoms with Crippen LogP contribution in [0.1, 0.15) is 29.2 Å². The van der Waals surface area contributed by atoms with Crippen molar-refractivity contribution < 1.29 is 22.4 Å². The van der Waals surface area contributed by atoms with Crippen molar-refractivity contribution in [3.8, 4) is 0 Å². The third-order valence-electron chi connectivity index (χ3n) is 3.97. The largest absolute Gasteiger partial charge is 0.416 e. The molecule has 1 amide bonds. The van der Waals surface area contributed by atoms with Gasteiger partial charge in [-0.2, -0.15) is 13.2 Å². The number of amides is 1. The first-order chi connectivity index (χ1) is 11.8. The lowest BCUT2D eigenvalue weighted by Crippen LogP contribution is -2.31.